The molecule has 1 aliphatic rings. The third-order valence-electron chi connectivity index (χ3n) is 2.08. The molecule has 1 rings (SSSR count). The maximum absolute atomic E-state index is 2.25. The van der Waals surface area contributed by atoms with Crippen molar-refractivity contribution in [2.24, 2.45) is 0 Å². The standard InChI is InChI=1S/C6H12.2C2H5.Al.ClH/c1-2-4-6-5-3-1;2*1-2;;/h1-6H2;2*1H2,2H3;;1H/q;;;+1;/p-1. The van der Waals surface area contributed by atoms with Crippen molar-refractivity contribution in [2.75, 3.05) is 0 Å². The molecule has 0 aromatic heterocycles. The fraction of sp³-hybridized carbons (Fsp3) is 1.00. The van der Waals surface area contributed by atoms with Gasteiger partial charge in [-0.3, -0.25) is 0 Å². The molecule has 72 valence electrons. The quantitative estimate of drug-likeness (QED) is 0.587. The summed E-state index contributed by atoms with van der Waals surface area (Å²) in [5.41, 5.74) is 0. The van der Waals surface area contributed by atoms with Crippen molar-refractivity contribution < 1.29 is 12.4 Å². The van der Waals surface area contributed by atoms with Crippen LogP contribution in [0.3, 0.4) is 0 Å². The van der Waals surface area contributed by atoms with Crippen molar-refractivity contribution in [2.45, 2.75) is 62.9 Å². The first-order valence-electron chi connectivity index (χ1n) is 5.23. The van der Waals surface area contributed by atoms with Crippen LogP contribution in [-0.2, 0) is 0 Å². The second-order valence-electron chi connectivity index (χ2n) is 3.23. The smallest absolute Gasteiger partial charge is 1.00 e. The molecule has 0 radical (unpaired) electrons. The number of hydrogen-bond acceptors (Lipinski definition) is 0. The van der Waals surface area contributed by atoms with E-state index in [4.69, 9.17) is 0 Å². The molecule has 0 aliphatic heterocycles. The summed E-state index contributed by atoms with van der Waals surface area (Å²) in [6.07, 6.45) is 9.00. The van der Waals surface area contributed by atoms with E-state index in [0.717, 1.165) is 15.2 Å². The average molecular weight is 205 g/mol. The van der Waals surface area contributed by atoms with E-state index >= 15 is 0 Å². The summed E-state index contributed by atoms with van der Waals surface area (Å²) >= 11 is 0.815. The second kappa shape index (κ2) is 14.4. The number of rotatable bonds is 2. The van der Waals surface area contributed by atoms with Crippen LogP contribution < -0.4 is 12.4 Å². The van der Waals surface area contributed by atoms with E-state index in [0.29, 0.717) is 0 Å². The first-order valence-corrected chi connectivity index (χ1v) is 6.86. The summed E-state index contributed by atoms with van der Waals surface area (Å²) in [6.45, 7) is 4.50. The van der Waals surface area contributed by atoms with Gasteiger partial charge in [0.05, 0.1) is 0 Å². The predicted octanol–water partition coefficient (Wildman–Crippen LogP) is 0.912. The van der Waals surface area contributed by atoms with E-state index in [2.05, 4.69) is 13.8 Å². The molecule has 0 nitrogen and oxygen atoms in total. The summed E-state index contributed by atoms with van der Waals surface area (Å²) in [5.74, 6) is 0. The van der Waals surface area contributed by atoms with Crippen LogP contribution in [-0.4, -0.2) is 15.2 Å². The van der Waals surface area contributed by atoms with Gasteiger partial charge >= 0.3 is 39.6 Å². The molecule has 0 aromatic carbocycles. The molecule has 0 aromatic rings. The van der Waals surface area contributed by atoms with Crippen LogP contribution in [0.15, 0.2) is 0 Å². The van der Waals surface area contributed by atoms with Crippen LogP contribution in [0.2, 0.25) is 10.6 Å². The Labute approximate surface area is 90.6 Å². The van der Waals surface area contributed by atoms with Gasteiger partial charge in [0.15, 0.2) is 0 Å². The SMILES string of the molecule is C1CCCCC1.C[CH2][Al+][CH2]C.[Cl-]. The van der Waals surface area contributed by atoms with E-state index in [1.54, 1.807) is 0 Å². The Hall–Kier alpha value is 0.822. The van der Waals surface area contributed by atoms with Gasteiger partial charge in [0, 0.05) is 0 Å². The zero-order valence-corrected chi connectivity index (χ0v) is 10.5. The summed E-state index contributed by atoms with van der Waals surface area (Å²) in [4.78, 5) is 0. The second-order valence-corrected chi connectivity index (χ2v) is 5.44. The molecule has 2 heteroatoms. The molecule has 1 aliphatic carbocycles. The van der Waals surface area contributed by atoms with Crippen LogP contribution >= 0.6 is 0 Å². The summed E-state index contributed by atoms with van der Waals surface area (Å²) in [7, 11) is 0. The zero-order valence-electron chi connectivity index (χ0n) is 8.61. The topological polar surface area (TPSA) is 0 Å². The minimum atomic E-state index is 0. The maximum Gasteiger partial charge on any atom is -1.00 e. The molecule has 0 saturated heterocycles. The summed E-state index contributed by atoms with van der Waals surface area (Å²) in [6, 6.07) is 0. The van der Waals surface area contributed by atoms with Crippen molar-refractivity contribution in [1.29, 1.82) is 0 Å². The van der Waals surface area contributed by atoms with Gasteiger partial charge in [-0.1, -0.05) is 38.5 Å². The Morgan fingerprint density at radius 2 is 1.00 bits per heavy atom. The van der Waals surface area contributed by atoms with Crippen LogP contribution in [0, 0.1) is 0 Å². The molecule has 1 saturated carbocycles. The molecule has 0 amide bonds. The molecular weight excluding hydrogens is 183 g/mol. The molecule has 0 heterocycles. The minimum Gasteiger partial charge on any atom is -1.00 e. The summed E-state index contributed by atoms with van der Waals surface area (Å²) in [5, 5.41) is 2.85. The van der Waals surface area contributed by atoms with Gasteiger partial charge in [0.25, 0.3) is 0 Å². The predicted molar refractivity (Wildman–Crippen MR) is 54.4 cm³/mol. The van der Waals surface area contributed by atoms with Gasteiger partial charge in [-0.15, -0.1) is 0 Å². The van der Waals surface area contributed by atoms with Gasteiger partial charge in [-0.05, 0) is 0 Å². The van der Waals surface area contributed by atoms with Crippen molar-refractivity contribution >= 4 is 15.2 Å². The third kappa shape index (κ3) is 13.4. The largest absolute Gasteiger partial charge is 1.00 e. The normalized spacial score (nSPS) is 14.8. The minimum absolute atomic E-state index is 0. The van der Waals surface area contributed by atoms with Crippen LogP contribution in [0.4, 0.5) is 0 Å². The van der Waals surface area contributed by atoms with Crippen LogP contribution in [0.5, 0.6) is 0 Å². The third-order valence-corrected chi connectivity index (χ3v) is 3.23. The van der Waals surface area contributed by atoms with Gasteiger partial charge in [0.2, 0.25) is 0 Å². The Morgan fingerprint density at radius 1 is 0.750 bits per heavy atom. The monoisotopic (exact) mass is 204 g/mol. The van der Waals surface area contributed by atoms with Crippen LogP contribution in [0.25, 0.3) is 0 Å². The molecule has 1 fully saturated rings. The first-order chi connectivity index (χ1) is 5.41. The summed E-state index contributed by atoms with van der Waals surface area (Å²) < 4.78 is 0. The molecule has 0 unspecified atom stereocenters. The van der Waals surface area contributed by atoms with Crippen LogP contribution in [0.1, 0.15) is 52.4 Å². The Morgan fingerprint density at radius 3 is 1.08 bits per heavy atom. The van der Waals surface area contributed by atoms with Crippen molar-refractivity contribution in [3.63, 3.8) is 0 Å². The fourth-order valence-corrected chi connectivity index (χ4v) is 1.93. The van der Waals surface area contributed by atoms with Crippen molar-refractivity contribution in [3.05, 3.63) is 0 Å². The Bertz CT molecular complexity index is 49.3. The Balaban J connectivity index is 0. The maximum atomic E-state index is 2.25. The molecule has 0 N–H and O–H groups in total. The van der Waals surface area contributed by atoms with Crippen molar-refractivity contribution in [1.82, 2.24) is 0 Å². The van der Waals surface area contributed by atoms with Gasteiger partial charge in [-0.2, -0.15) is 0 Å². The molecule has 0 bridgehead atoms. The van der Waals surface area contributed by atoms with E-state index in [-0.39, 0.29) is 12.4 Å². The van der Waals surface area contributed by atoms with E-state index < -0.39 is 0 Å². The van der Waals surface area contributed by atoms with Crippen molar-refractivity contribution in [3.8, 4) is 0 Å². The van der Waals surface area contributed by atoms with E-state index in [9.17, 15) is 0 Å². The van der Waals surface area contributed by atoms with E-state index in [1.165, 1.54) is 49.1 Å². The Kier molecular flexibility index (Phi) is 18.3. The zero-order chi connectivity index (χ0) is 8.36. The number of hydrogen-bond donors (Lipinski definition) is 0. The van der Waals surface area contributed by atoms with E-state index in [1.807, 2.05) is 0 Å². The fourth-order valence-electron chi connectivity index (χ4n) is 1.35. The molecule has 0 atom stereocenters. The average Bonchev–Trinajstić information content (AvgIpc) is 2.10. The first kappa shape index (κ1) is 15.3. The number of halogens is 1. The van der Waals surface area contributed by atoms with Gasteiger partial charge in [0.1, 0.15) is 0 Å². The molecular formula is C10H22AlCl. The molecule has 0 spiro atoms. The molecule has 12 heavy (non-hydrogen) atoms. The van der Waals surface area contributed by atoms with Gasteiger partial charge in [-0.25, -0.2) is 0 Å². The van der Waals surface area contributed by atoms with Gasteiger partial charge < -0.3 is 12.4 Å².